The van der Waals surface area contributed by atoms with Crippen LogP contribution in [0.1, 0.15) is 13.8 Å². The van der Waals surface area contributed by atoms with Gasteiger partial charge in [0.05, 0.1) is 12.1 Å². The van der Waals surface area contributed by atoms with E-state index < -0.39 is 11.1 Å². The van der Waals surface area contributed by atoms with Crippen LogP contribution in [0.3, 0.4) is 0 Å². The molecule has 2 atom stereocenters. The highest BCUT2D eigenvalue weighted by Crippen LogP contribution is 2.26. The summed E-state index contributed by atoms with van der Waals surface area (Å²) in [7, 11) is 0. The second-order valence-electron chi connectivity index (χ2n) is 3.51. The van der Waals surface area contributed by atoms with Crippen LogP contribution >= 0.6 is 11.8 Å². The predicted octanol–water partition coefficient (Wildman–Crippen LogP) is 0.887. The van der Waals surface area contributed by atoms with Crippen molar-refractivity contribution < 1.29 is 0 Å². The molecule has 0 aromatic rings. The van der Waals surface area contributed by atoms with Gasteiger partial charge < -0.3 is 0 Å². The van der Waals surface area contributed by atoms with Crippen molar-refractivity contribution in [1.82, 2.24) is 5.32 Å². The number of nitrogens with one attached hydrogen (secondary N) is 1. The van der Waals surface area contributed by atoms with Crippen molar-refractivity contribution in [1.29, 1.82) is 10.5 Å². The lowest BCUT2D eigenvalue weighted by Gasteiger charge is -2.37. The van der Waals surface area contributed by atoms with Gasteiger partial charge in [0.2, 0.25) is 0 Å². The fourth-order valence-electron chi connectivity index (χ4n) is 1.26. The molecule has 3 nitrogen and oxygen atoms in total. The molecule has 0 unspecified atom stereocenters. The Morgan fingerprint density at radius 3 is 1.92 bits per heavy atom. The summed E-state index contributed by atoms with van der Waals surface area (Å²) in [4.78, 5) is 0. The fraction of sp³-hybridized carbons (Fsp3) is 0.750. The second kappa shape index (κ2) is 2.97. The third-order valence-electron chi connectivity index (χ3n) is 1.83. The molecule has 0 radical (unpaired) electrons. The Kier molecular flexibility index (Phi) is 2.32. The maximum atomic E-state index is 8.84. The van der Waals surface area contributed by atoms with Crippen LogP contribution in [-0.2, 0) is 0 Å². The van der Waals surface area contributed by atoms with Gasteiger partial charge in [0.25, 0.3) is 0 Å². The topological polar surface area (TPSA) is 59.6 Å². The highest BCUT2D eigenvalue weighted by molar-refractivity contribution is 7.99. The molecule has 0 saturated carbocycles. The zero-order valence-corrected chi connectivity index (χ0v) is 8.03. The van der Waals surface area contributed by atoms with E-state index in [1.807, 2.05) is 13.8 Å². The summed E-state index contributed by atoms with van der Waals surface area (Å²) in [5, 5.41) is 20.7. The molecule has 64 valence electrons. The lowest BCUT2D eigenvalue weighted by molar-refractivity contribution is 0.373. The molecule has 1 heterocycles. The van der Waals surface area contributed by atoms with Crippen molar-refractivity contribution >= 4 is 11.8 Å². The largest absolute Gasteiger partial charge is 0.281 e. The Balaban J connectivity index is 2.79. The van der Waals surface area contributed by atoms with Gasteiger partial charge in [0, 0.05) is 11.5 Å². The molecule has 0 aromatic carbocycles. The van der Waals surface area contributed by atoms with Crippen molar-refractivity contribution in [2.45, 2.75) is 24.9 Å². The molecule has 1 aliphatic rings. The van der Waals surface area contributed by atoms with E-state index in [9.17, 15) is 0 Å². The molecule has 12 heavy (non-hydrogen) atoms. The van der Waals surface area contributed by atoms with Crippen molar-refractivity contribution in [3.05, 3.63) is 0 Å². The Labute approximate surface area is 76.7 Å². The molecular weight excluding hydrogens is 170 g/mol. The van der Waals surface area contributed by atoms with E-state index in [1.165, 1.54) is 0 Å². The van der Waals surface area contributed by atoms with E-state index in [-0.39, 0.29) is 0 Å². The van der Waals surface area contributed by atoms with E-state index in [2.05, 4.69) is 17.5 Å². The summed E-state index contributed by atoms with van der Waals surface area (Å²) >= 11 is 1.65. The third-order valence-corrected chi connectivity index (χ3v) is 3.39. The van der Waals surface area contributed by atoms with Crippen LogP contribution in [0.2, 0.25) is 0 Å². The summed E-state index contributed by atoms with van der Waals surface area (Å²) in [6, 6.07) is 4.37. The minimum atomic E-state index is -0.548. The van der Waals surface area contributed by atoms with Crippen molar-refractivity contribution in [3.8, 4) is 12.1 Å². The number of hydrogen-bond acceptors (Lipinski definition) is 4. The maximum Gasteiger partial charge on any atom is 0.114 e. The van der Waals surface area contributed by atoms with Crippen LogP contribution < -0.4 is 5.32 Å². The first-order valence-corrected chi connectivity index (χ1v) is 4.89. The fourth-order valence-corrected chi connectivity index (χ4v) is 2.45. The zero-order chi connectivity index (χ0) is 9.24. The van der Waals surface area contributed by atoms with Gasteiger partial charge >= 0.3 is 0 Å². The summed E-state index contributed by atoms with van der Waals surface area (Å²) in [6.45, 7) is 3.66. The molecule has 1 fully saturated rings. The SMILES string of the molecule is C[C@]1(C#N)CSC[C@](C)(C#N)N1. The Morgan fingerprint density at radius 1 is 1.17 bits per heavy atom. The van der Waals surface area contributed by atoms with Crippen LogP contribution in [-0.4, -0.2) is 22.6 Å². The second-order valence-corrected chi connectivity index (χ2v) is 4.49. The molecule has 0 aliphatic carbocycles. The maximum absolute atomic E-state index is 8.84. The summed E-state index contributed by atoms with van der Waals surface area (Å²) in [5.74, 6) is 1.50. The average Bonchev–Trinajstić information content (AvgIpc) is 2.05. The molecule has 1 aliphatic heterocycles. The first-order valence-electron chi connectivity index (χ1n) is 3.73. The van der Waals surface area contributed by atoms with E-state index in [4.69, 9.17) is 10.5 Å². The van der Waals surface area contributed by atoms with Crippen molar-refractivity contribution in [2.24, 2.45) is 0 Å². The standard InChI is InChI=1S/C8H11N3S/c1-7(3-9)5-12-6-8(2,4-10)11-7/h11H,5-6H2,1-2H3/t7-,8-/m0/s1. The molecule has 1 rings (SSSR count). The Hall–Kier alpha value is -0.710. The van der Waals surface area contributed by atoms with Gasteiger partial charge in [0.15, 0.2) is 0 Å². The van der Waals surface area contributed by atoms with Gasteiger partial charge in [-0.2, -0.15) is 22.3 Å². The van der Waals surface area contributed by atoms with Gasteiger partial charge in [-0.3, -0.25) is 5.32 Å². The zero-order valence-electron chi connectivity index (χ0n) is 7.22. The van der Waals surface area contributed by atoms with Crippen LogP contribution in [0, 0.1) is 22.7 Å². The van der Waals surface area contributed by atoms with Gasteiger partial charge in [-0.1, -0.05) is 0 Å². The molecule has 4 heteroatoms. The minimum Gasteiger partial charge on any atom is -0.281 e. The van der Waals surface area contributed by atoms with Gasteiger partial charge in [-0.25, -0.2) is 0 Å². The highest BCUT2D eigenvalue weighted by Gasteiger charge is 2.39. The number of rotatable bonds is 0. The van der Waals surface area contributed by atoms with Crippen LogP contribution in [0.15, 0.2) is 0 Å². The summed E-state index contributed by atoms with van der Waals surface area (Å²) in [5.41, 5.74) is -1.10. The summed E-state index contributed by atoms with van der Waals surface area (Å²) in [6.07, 6.45) is 0. The van der Waals surface area contributed by atoms with E-state index in [0.29, 0.717) is 0 Å². The average molecular weight is 181 g/mol. The molecule has 0 amide bonds. The van der Waals surface area contributed by atoms with Crippen LogP contribution in [0.4, 0.5) is 0 Å². The molecule has 0 bridgehead atoms. The monoisotopic (exact) mass is 181 g/mol. The predicted molar refractivity (Wildman–Crippen MR) is 48.5 cm³/mol. The number of nitriles is 2. The van der Waals surface area contributed by atoms with Gasteiger partial charge in [0.1, 0.15) is 11.1 Å². The smallest absolute Gasteiger partial charge is 0.114 e. The lowest BCUT2D eigenvalue weighted by atomic mass is 9.99. The number of hydrogen-bond donors (Lipinski definition) is 1. The Bertz CT molecular complexity index is 238. The lowest BCUT2D eigenvalue weighted by Crippen LogP contribution is -2.60. The van der Waals surface area contributed by atoms with Crippen LogP contribution in [0.25, 0.3) is 0 Å². The van der Waals surface area contributed by atoms with Gasteiger partial charge in [-0.05, 0) is 13.8 Å². The minimum absolute atomic E-state index is 0.548. The normalized spacial score (nSPS) is 41.3. The van der Waals surface area contributed by atoms with Crippen molar-refractivity contribution in [2.75, 3.05) is 11.5 Å². The van der Waals surface area contributed by atoms with E-state index in [0.717, 1.165) is 11.5 Å². The van der Waals surface area contributed by atoms with Crippen molar-refractivity contribution in [3.63, 3.8) is 0 Å². The van der Waals surface area contributed by atoms with E-state index >= 15 is 0 Å². The third kappa shape index (κ3) is 1.72. The molecule has 1 saturated heterocycles. The highest BCUT2D eigenvalue weighted by atomic mass is 32.2. The molecule has 1 N–H and O–H groups in total. The Morgan fingerprint density at radius 2 is 1.58 bits per heavy atom. The van der Waals surface area contributed by atoms with Crippen LogP contribution in [0.5, 0.6) is 0 Å². The quantitative estimate of drug-likeness (QED) is 0.603. The first kappa shape index (κ1) is 9.38. The number of thioether (sulfide) groups is 1. The van der Waals surface area contributed by atoms with Gasteiger partial charge in [-0.15, -0.1) is 0 Å². The molecule has 0 spiro atoms. The first-order chi connectivity index (χ1) is 5.54. The van der Waals surface area contributed by atoms with E-state index in [1.54, 1.807) is 11.8 Å². The molecular formula is C8H11N3S. The molecule has 0 aromatic heterocycles. The summed E-state index contributed by atoms with van der Waals surface area (Å²) < 4.78 is 0. The number of nitrogens with zero attached hydrogens (tertiary/aromatic N) is 2.